The zero-order valence-corrected chi connectivity index (χ0v) is 17.2. The van der Waals surface area contributed by atoms with Crippen LogP contribution in [0.5, 0.6) is 0 Å². The van der Waals surface area contributed by atoms with Gasteiger partial charge in [-0.15, -0.1) is 0 Å². The number of aryl methyl sites for hydroxylation is 1. The molecule has 2 atom stereocenters. The van der Waals surface area contributed by atoms with E-state index in [1.54, 1.807) is 12.1 Å². The van der Waals surface area contributed by atoms with E-state index in [1.165, 1.54) is 35.8 Å². The van der Waals surface area contributed by atoms with Crippen molar-refractivity contribution in [2.75, 3.05) is 10.6 Å². The summed E-state index contributed by atoms with van der Waals surface area (Å²) >= 11 is 1.17. The minimum atomic E-state index is -1.28. The number of halogens is 2. The standard InChI is InChI=1S/C21H19F2N5O2S/c1-10-5-18(31-28-10)26-16-8-17(15(23)7-13(16)19(24)29)27-21(20(25)30)9-14(21)11-3-2-4-12(22)6-11/h2-8,14,26-27H,9H2,1H3,(H2,24,29)(H2,25,30)/t14-,21+/m1/s1. The molecule has 1 fully saturated rings. The van der Waals surface area contributed by atoms with Crippen LogP contribution in [0.25, 0.3) is 0 Å². The molecular weight excluding hydrogens is 424 g/mol. The molecule has 0 spiro atoms. The molecule has 2 amide bonds. The van der Waals surface area contributed by atoms with Gasteiger partial charge >= 0.3 is 0 Å². The quantitative estimate of drug-likeness (QED) is 0.446. The number of primary amides is 2. The van der Waals surface area contributed by atoms with Crippen molar-refractivity contribution in [3.63, 3.8) is 0 Å². The van der Waals surface area contributed by atoms with Crippen molar-refractivity contribution in [2.45, 2.75) is 24.8 Å². The molecule has 0 bridgehead atoms. The summed E-state index contributed by atoms with van der Waals surface area (Å²) in [4.78, 5) is 24.1. The number of carbonyl (C=O) groups is 2. The normalized spacial score (nSPS) is 19.6. The first-order valence-corrected chi connectivity index (χ1v) is 10.1. The molecule has 1 aliphatic rings. The molecule has 1 aromatic heterocycles. The highest BCUT2D eigenvalue weighted by atomic mass is 32.1. The molecule has 31 heavy (non-hydrogen) atoms. The molecule has 7 nitrogen and oxygen atoms in total. The summed E-state index contributed by atoms with van der Waals surface area (Å²) in [7, 11) is 0. The molecule has 4 rings (SSSR count). The van der Waals surface area contributed by atoms with Gasteiger partial charge in [0.25, 0.3) is 5.91 Å². The first kappa shape index (κ1) is 20.7. The summed E-state index contributed by atoms with van der Waals surface area (Å²) in [6.07, 6.45) is 0.277. The maximum atomic E-state index is 14.8. The molecule has 160 valence electrons. The predicted octanol–water partition coefficient (Wildman–Crippen LogP) is 3.40. The van der Waals surface area contributed by atoms with E-state index in [9.17, 15) is 18.4 Å². The Balaban J connectivity index is 1.69. The van der Waals surface area contributed by atoms with Crippen LogP contribution >= 0.6 is 11.5 Å². The van der Waals surface area contributed by atoms with E-state index in [1.807, 2.05) is 6.92 Å². The van der Waals surface area contributed by atoms with Gasteiger partial charge in [-0.3, -0.25) is 9.59 Å². The largest absolute Gasteiger partial charge is 0.368 e. The van der Waals surface area contributed by atoms with Gasteiger partial charge in [0.15, 0.2) is 0 Å². The van der Waals surface area contributed by atoms with Crippen molar-refractivity contribution in [1.29, 1.82) is 0 Å². The first-order chi connectivity index (χ1) is 14.7. The van der Waals surface area contributed by atoms with E-state index in [4.69, 9.17) is 11.5 Å². The van der Waals surface area contributed by atoms with Gasteiger partial charge in [-0.2, -0.15) is 4.37 Å². The van der Waals surface area contributed by atoms with Gasteiger partial charge in [-0.1, -0.05) is 12.1 Å². The zero-order chi connectivity index (χ0) is 22.3. The maximum Gasteiger partial charge on any atom is 0.250 e. The Kier molecular flexibility index (Phi) is 5.10. The van der Waals surface area contributed by atoms with Crippen molar-refractivity contribution in [3.05, 3.63) is 70.9 Å². The number of nitrogens with one attached hydrogen (secondary N) is 2. The van der Waals surface area contributed by atoms with Crippen LogP contribution in [-0.2, 0) is 4.79 Å². The zero-order valence-electron chi connectivity index (χ0n) is 16.4. The number of hydrogen-bond acceptors (Lipinski definition) is 6. The summed E-state index contributed by atoms with van der Waals surface area (Å²) in [6.45, 7) is 1.81. The first-order valence-electron chi connectivity index (χ1n) is 9.37. The third kappa shape index (κ3) is 3.93. The SMILES string of the molecule is Cc1cc(Nc2cc(N[C@@]3(C(N)=O)C[C@@H]3c3cccc(F)c3)c(F)cc2C(N)=O)sn1. The Morgan fingerprint density at radius 2 is 1.94 bits per heavy atom. The van der Waals surface area contributed by atoms with Crippen LogP contribution in [0.1, 0.15) is 34.0 Å². The molecule has 0 unspecified atom stereocenters. The highest BCUT2D eigenvalue weighted by Crippen LogP contribution is 2.53. The van der Waals surface area contributed by atoms with Gasteiger partial charge in [0, 0.05) is 5.92 Å². The van der Waals surface area contributed by atoms with Gasteiger partial charge in [0.1, 0.15) is 22.2 Å². The molecule has 3 aromatic rings. The van der Waals surface area contributed by atoms with E-state index in [2.05, 4.69) is 15.0 Å². The maximum absolute atomic E-state index is 14.8. The highest BCUT2D eigenvalue weighted by Gasteiger charge is 2.60. The van der Waals surface area contributed by atoms with Gasteiger partial charge in [0.2, 0.25) is 5.91 Å². The lowest BCUT2D eigenvalue weighted by atomic mass is 10.0. The van der Waals surface area contributed by atoms with Crippen LogP contribution in [0.2, 0.25) is 0 Å². The summed E-state index contributed by atoms with van der Waals surface area (Å²) in [5.41, 5.74) is 11.3. The van der Waals surface area contributed by atoms with Crippen molar-refractivity contribution < 1.29 is 18.4 Å². The number of hydrogen-bond donors (Lipinski definition) is 4. The van der Waals surface area contributed by atoms with Crippen molar-refractivity contribution in [3.8, 4) is 0 Å². The smallest absolute Gasteiger partial charge is 0.250 e. The van der Waals surface area contributed by atoms with Crippen LogP contribution in [0.15, 0.2) is 42.5 Å². The molecule has 6 N–H and O–H groups in total. The van der Waals surface area contributed by atoms with Crippen LogP contribution in [-0.4, -0.2) is 21.7 Å². The molecule has 1 heterocycles. The van der Waals surface area contributed by atoms with Crippen LogP contribution in [0.3, 0.4) is 0 Å². The minimum absolute atomic E-state index is 0.0357. The van der Waals surface area contributed by atoms with Crippen LogP contribution < -0.4 is 22.1 Å². The average molecular weight is 443 g/mol. The Hall–Kier alpha value is -3.53. The number of nitrogens with two attached hydrogens (primary N) is 2. The number of rotatable bonds is 7. The fourth-order valence-corrected chi connectivity index (χ4v) is 4.31. The number of benzene rings is 2. The summed E-state index contributed by atoms with van der Waals surface area (Å²) in [5, 5.41) is 6.53. The molecule has 0 radical (unpaired) electrons. The number of aromatic nitrogens is 1. The van der Waals surface area contributed by atoms with Crippen LogP contribution in [0, 0.1) is 18.6 Å². The number of amides is 2. The molecular formula is C21H19F2N5O2S. The molecule has 0 saturated heterocycles. The van der Waals surface area contributed by atoms with E-state index in [0.29, 0.717) is 10.6 Å². The topological polar surface area (TPSA) is 123 Å². The van der Waals surface area contributed by atoms with E-state index in [-0.39, 0.29) is 23.4 Å². The molecule has 1 saturated carbocycles. The second kappa shape index (κ2) is 7.62. The lowest BCUT2D eigenvalue weighted by molar-refractivity contribution is -0.119. The third-order valence-corrected chi connectivity index (χ3v) is 6.06. The third-order valence-electron chi connectivity index (χ3n) is 5.27. The molecule has 10 heteroatoms. The average Bonchev–Trinajstić information content (AvgIpc) is 3.30. The number of anilines is 3. The number of nitrogens with zero attached hydrogens (tertiary/aromatic N) is 1. The monoisotopic (exact) mass is 443 g/mol. The summed E-state index contributed by atoms with van der Waals surface area (Å²) in [5.74, 6) is -3.14. The molecule has 0 aliphatic heterocycles. The predicted molar refractivity (Wildman–Crippen MR) is 114 cm³/mol. The van der Waals surface area contributed by atoms with Gasteiger partial charge in [-0.25, -0.2) is 8.78 Å². The summed E-state index contributed by atoms with van der Waals surface area (Å²) in [6, 6.07) is 9.96. The molecule has 1 aliphatic carbocycles. The highest BCUT2D eigenvalue weighted by molar-refractivity contribution is 7.10. The minimum Gasteiger partial charge on any atom is -0.368 e. The van der Waals surface area contributed by atoms with Gasteiger partial charge < -0.3 is 22.1 Å². The number of carbonyl (C=O) groups excluding carboxylic acids is 2. The lowest BCUT2D eigenvalue weighted by Gasteiger charge is -2.20. The second-order valence-corrected chi connectivity index (χ2v) is 8.28. The van der Waals surface area contributed by atoms with Gasteiger partial charge in [0.05, 0.1) is 22.6 Å². The van der Waals surface area contributed by atoms with Gasteiger partial charge in [-0.05, 0) is 60.8 Å². The van der Waals surface area contributed by atoms with Crippen LogP contribution in [0.4, 0.5) is 25.2 Å². The van der Waals surface area contributed by atoms with Crippen molar-refractivity contribution >= 4 is 39.7 Å². The lowest BCUT2D eigenvalue weighted by Crippen LogP contribution is -2.39. The van der Waals surface area contributed by atoms with E-state index < -0.39 is 34.9 Å². The van der Waals surface area contributed by atoms with E-state index in [0.717, 1.165) is 11.8 Å². The van der Waals surface area contributed by atoms with Crippen molar-refractivity contribution in [1.82, 2.24) is 4.37 Å². The molecule has 2 aromatic carbocycles. The Morgan fingerprint density at radius 3 is 2.55 bits per heavy atom. The fourth-order valence-electron chi connectivity index (χ4n) is 3.63. The Labute approximate surface area is 180 Å². The fraction of sp³-hybridized carbons (Fsp3) is 0.190. The second-order valence-electron chi connectivity index (χ2n) is 7.47. The Bertz CT molecular complexity index is 1200. The summed E-state index contributed by atoms with van der Waals surface area (Å²) < 4.78 is 32.6. The van der Waals surface area contributed by atoms with Crippen molar-refractivity contribution in [2.24, 2.45) is 11.5 Å². The van der Waals surface area contributed by atoms with E-state index >= 15 is 0 Å². The Morgan fingerprint density at radius 1 is 1.16 bits per heavy atom.